The first kappa shape index (κ1) is 28.3. The van der Waals surface area contributed by atoms with Gasteiger partial charge in [-0.15, -0.1) is 0 Å². The van der Waals surface area contributed by atoms with Gasteiger partial charge < -0.3 is 35.5 Å². The van der Waals surface area contributed by atoms with Crippen LogP contribution in [0.25, 0.3) is 0 Å². The van der Waals surface area contributed by atoms with E-state index in [9.17, 15) is 4.79 Å². The van der Waals surface area contributed by atoms with Crippen molar-refractivity contribution in [2.75, 3.05) is 62.6 Å². The molecule has 0 atom stereocenters. The van der Waals surface area contributed by atoms with Crippen molar-refractivity contribution in [3.05, 3.63) is 90.5 Å². The number of benzene rings is 3. The third-order valence-electron chi connectivity index (χ3n) is 5.48. The molecular formula is C29H33N7O4. The molecule has 0 aliphatic rings. The van der Waals surface area contributed by atoms with Crippen LogP contribution in [-0.4, -0.2) is 67.5 Å². The summed E-state index contributed by atoms with van der Waals surface area (Å²) in [5.74, 6) is 1.83. The zero-order chi connectivity index (χ0) is 27.8. The lowest BCUT2D eigenvalue weighted by atomic mass is 10.2. The maximum atomic E-state index is 12.0. The van der Waals surface area contributed by atoms with Crippen LogP contribution in [0.3, 0.4) is 0 Å². The Bertz CT molecular complexity index is 1310. The summed E-state index contributed by atoms with van der Waals surface area (Å²) in [6, 6.07) is 26.2. The molecule has 0 saturated heterocycles. The molecule has 0 aliphatic heterocycles. The Hall–Kier alpha value is -4.74. The Morgan fingerprint density at radius 1 is 0.650 bits per heavy atom. The SMILES string of the molecule is COc1ccc(Nc2nc(NCCOCCOCCNC(=O)c3ccccc3)nc(Nc3ccccc3)n2)cc1. The molecule has 11 heteroatoms. The summed E-state index contributed by atoms with van der Waals surface area (Å²) in [7, 11) is 1.62. The number of ether oxygens (including phenoxy) is 3. The molecule has 4 N–H and O–H groups in total. The monoisotopic (exact) mass is 543 g/mol. The van der Waals surface area contributed by atoms with E-state index in [2.05, 4.69) is 36.2 Å². The number of carbonyl (C=O) groups is 1. The summed E-state index contributed by atoms with van der Waals surface area (Å²) in [5.41, 5.74) is 2.30. The van der Waals surface area contributed by atoms with Crippen molar-refractivity contribution in [3.63, 3.8) is 0 Å². The van der Waals surface area contributed by atoms with E-state index in [1.807, 2.05) is 72.8 Å². The van der Waals surface area contributed by atoms with Crippen LogP contribution in [0.4, 0.5) is 29.2 Å². The van der Waals surface area contributed by atoms with Crippen LogP contribution in [0.1, 0.15) is 10.4 Å². The fraction of sp³-hybridized carbons (Fsp3) is 0.241. The highest BCUT2D eigenvalue weighted by Crippen LogP contribution is 2.20. The molecular weight excluding hydrogens is 510 g/mol. The number of nitrogens with zero attached hydrogens (tertiary/aromatic N) is 3. The van der Waals surface area contributed by atoms with Gasteiger partial charge in [0.1, 0.15) is 5.75 Å². The molecule has 0 bridgehead atoms. The van der Waals surface area contributed by atoms with Crippen molar-refractivity contribution >= 4 is 35.1 Å². The standard InChI is InChI=1S/C29H33N7O4/c1-38-25-14-12-24(13-15-25)33-29-35-27(34-28(36-29)32-23-10-6-3-7-11-23)31-17-19-40-21-20-39-18-16-30-26(37)22-8-4-2-5-9-22/h2-15H,16-21H2,1H3,(H,30,37)(H3,31,32,33,34,35,36). The molecule has 0 spiro atoms. The van der Waals surface area contributed by atoms with E-state index in [0.717, 1.165) is 17.1 Å². The van der Waals surface area contributed by atoms with Crippen molar-refractivity contribution < 1.29 is 19.0 Å². The summed E-state index contributed by atoms with van der Waals surface area (Å²) < 4.78 is 16.4. The number of hydrogen-bond donors (Lipinski definition) is 4. The zero-order valence-electron chi connectivity index (χ0n) is 22.3. The van der Waals surface area contributed by atoms with E-state index >= 15 is 0 Å². The van der Waals surface area contributed by atoms with E-state index in [-0.39, 0.29) is 5.91 Å². The smallest absolute Gasteiger partial charge is 0.251 e. The first-order valence-electron chi connectivity index (χ1n) is 12.9. The fourth-order valence-electron chi connectivity index (χ4n) is 3.51. The quantitative estimate of drug-likeness (QED) is 0.152. The van der Waals surface area contributed by atoms with Crippen LogP contribution in [0.15, 0.2) is 84.9 Å². The molecule has 0 saturated carbocycles. The predicted molar refractivity (Wildman–Crippen MR) is 155 cm³/mol. The molecule has 0 radical (unpaired) electrons. The number of rotatable bonds is 16. The third-order valence-corrected chi connectivity index (χ3v) is 5.48. The van der Waals surface area contributed by atoms with E-state index < -0.39 is 0 Å². The highest BCUT2D eigenvalue weighted by Gasteiger charge is 2.08. The van der Waals surface area contributed by atoms with Crippen molar-refractivity contribution in [2.45, 2.75) is 0 Å². The molecule has 208 valence electrons. The van der Waals surface area contributed by atoms with Crippen molar-refractivity contribution in [1.82, 2.24) is 20.3 Å². The second kappa shape index (κ2) is 15.6. The largest absolute Gasteiger partial charge is 0.497 e. The lowest BCUT2D eigenvalue weighted by Crippen LogP contribution is -2.27. The van der Waals surface area contributed by atoms with Gasteiger partial charge in [0.15, 0.2) is 0 Å². The molecule has 0 fully saturated rings. The van der Waals surface area contributed by atoms with Crippen LogP contribution in [0, 0.1) is 0 Å². The molecule has 1 aromatic heterocycles. The van der Waals surface area contributed by atoms with Gasteiger partial charge >= 0.3 is 0 Å². The summed E-state index contributed by atoms with van der Waals surface area (Å²) in [6.45, 7) is 2.62. The number of aromatic nitrogens is 3. The molecule has 0 aliphatic carbocycles. The molecule has 40 heavy (non-hydrogen) atoms. The average molecular weight is 544 g/mol. The minimum Gasteiger partial charge on any atom is -0.497 e. The summed E-state index contributed by atoms with van der Waals surface area (Å²) in [4.78, 5) is 25.5. The van der Waals surface area contributed by atoms with Crippen LogP contribution in [0.2, 0.25) is 0 Å². The molecule has 11 nitrogen and oxygen atoms in total. The van der Waals surface area contributed by atoms with Crippen molar-refractivity contribution in [2.24, 2.45) is 0 Å². The van der Waals surface area contributed by atoms with Gasteiger partial charge in [-0.1, -0.05) is 36.4 Å². The number of anilines is 5. The number of nitrogens with one attached hydrogen (secondary N) is 4. The number of carbonyl (C=O) groups excluding carboxylic acids is 1. The lowest BCUT2D eigenvalue weighted by molar-refractivity contribution is 0.0519. The zero-order valence-corrected chi connectivity index (χ0v) is 22.3. The summed E-state index contributed by atoms with van der Waals surface area (Å²) >= 11 is 0. The molecule has 1 amide bonds. The van der Waals surface area contributed by atoms with Crippen LogP contribution in [0.5, 0.6) is 5.75 Å². The van der Waals surface area contributed by atoms with Crippen molar-refractivity contribution in [3.8, 4) is 5.75 Å². The number of amides is 1. The van der Waals surface area contributed by atoms with Gasteiger partial charge in [-0.2, -0.15) is 15.0 Å². The van der Waals surface area contributed by atoms with Gasteiger partial charge in [0.05, 0.1) is 33.5 Å². The second-order valence-electron chi connectivity index (χ2n) is 8.42. The Morgan fingerprint density at radius 3 is 1.82 bits per heavy atom. The Morgan fingerprint density at radius 2 is 1.20 bits per heavy atom. The van der Waals surface area contributed by atoms with Gasteiger partial charge in [0.25, 0.3) is 5.91 Å². The first-order chi connectivity index (χ1) is 19.7. The highest BCUT2D eigenvalue weighted by atomic mass is 16.5. The number of para-hydroxylation sites is 1. The maximum absolute atomic E-state index is 12.0. The molecule has 4 aromatic rings. The summed E-state index contributed by atoms with van der Waals surface area (Å²) in [6.07, 6.45) is 0. The Balaban J connectivity index is 1.19. The van der Waals surface area contributed by atoms with Crippen LogP contribution in [-0.2, 0) is 9.47 Å². The fourth-order valence-corrected chi connectivity index (χ4v) is 3.51. The number of methoxy groups -OCH3 is 1. The minimum absolute atomic E-state index is 0.116. The number of hydrogen-bond acceptors (Lipinski definition) is 10. The van der Waals surface area contributed by atoms with Gasteiger partial charge in [-0.25, -0.2) is 0 Å². The predicted octanol–water partition coefficient (Wildman–Crippen LogP) is 4.24. The summed E-state index contributed by atoms with van der Waals surface area (Å²) in [5, 5.41) is 12.4. The highest BCUT2D eigenvalue weighted by molar-refractivity contribution is 5.94. The second-order valence-corrected chi connectivity index (χ2v) is 8.42. The van der Waals surface area contributed by atoms with E-state index in [0.29, 0.717) is 62.9 Å². The van der Waals surface area contributed by atoms with E-state index in [4.69, 9.17) is 14.2 Å². The lowest BCUT2D eigenvalue weighted by Gasteiger charge is -2.12. The molecule has 0 unspecified atom stereocenters. The molecule has 1 heterocycles. The van der Waals surface area contributed by atoms with Crippen molar-refractivity contribution in [1.29, 1.82) is 0 Å². The van der Waals surface area contributed by atoms with Gasteiger partial charge in [0.2, 0.25) is 17.8 Å². The first-order valence-corrected chi connectivity index (χ1v) is 12.9. The van der Waals surface area contributed by atoms with Gasteiger partial charge in [-0.3, -0.25) is 4.79 Å². The van der Waals surface area contributed by atoms with E-state index in [1.165, 1.54) is 0 Å². The Kier molecular flexibility index (Phi) is 11.0. The van der Waals surface area contributed by atoms with Gasteiger partial charge in [0, 0.05) is 30.0 Å². The topological polar surface area (TPSA) is 132 Å². The molecule has 4 rings (SSSR count). The van der Waals surface area contributed by atoms with Crippen LogP contribution < -0.4 is 26.0 Å². The molecule has 3 aromatic carbocycles. The Labute approximate surface area is 233 Å². The van der Waals surface area contributed by atoms with E-state index in [1.54, 1.807) is 19.2 Å². The third kappa shape index (κ3) is 9.53. The van der Waals surface area contributed by atoms with Gasteiger partial charge in [-0.05, 0) is 48.5 Å². The van der Waals surface area contributed by atoms with Crippen LogP contribution >= 0.6 is 0 Å². The normalized spacial score (nSPS) is 10.5. The maximum Gasteiger partial charge on any atom is 0.251 e. The minimum atomic E-state index is -0.116. The average Bonchev–Trinajstić information content (AvgIpc) is 2.99.